The molecule has 0 aliphatic carbocycles. The van der Waals surface area contributed by atoms with Gasteiger partial charge in [0.05, 0.1) is 3.57 Å². The maximum Gasteiger partial charge on any atom is 0.235 e. The highest BCUT2D eigenvalue weighted by molar-refractivity contribution is 14.1. The number of ether oxygens (including phenoxy) is 1. The average Bonchev–Trinajstić information content (AvgIpc) is 2.28. The normalized spacial score (nSPS) is 10.2. The first-order valence-electron chi connectivity index (χ1n) is 4.26. The van der Waals surface area contributed by atoms with Gasteiger partial charge in [-0.3, -0.25) is 0 Å². The lowest BCUT2D eigenvalue weighted by atomic mass is 10.3. The Balaban J connectivity index is 2.35. The van der Waals surface area contributed by atoms with Crippen LogP contribution >= 0.6 is 22.6 Å². The largest absolute Gasteiger partial charge is 0.435 e. The highest BCUT2D eigenvalue weighted by Gasteiger charge is 2.11. The second-order valence-corrected chi connectivity index (χ2v) is 3.99. The molecule has 2 aromatic rings. The highest BCUT2D eigenvalue weighted by Crippen LogP contribution is 2.26. The summed E-state index contributed by atoms with van der Waals surface area (Å²) in [7, 11) is 0. The minimum absolute atomic E-state index is 0.195. The van der Waals surface area contributed by atoms with Crippen molar-refractivity contribution in [2.75, 3.05) is 0 Å². The molecule has 0 aliphatic rings. The molecule has 0 radical (unpaired) electrons. The number of aromatic nitrogens is 2. The van der Waals surface area contributed by atoms with Gasteiger partial charge in [0.15, 0.2) is 11.6 Å². The van der Waals surface area contributed by atoms with Crippen LogP contribution in [0.3, 0.4) is 0 Å². The summed E-state index contributed by atoms with van der Waals surface area (Å²) in [6.07, 6.45) is 2.79. The standard InChI is InChI=1S/C10H5F2IN2O/c11-6-2-1-3-8(9(6)12)16-10-7(13)4-14-5-15-10/h1-5H. The Bertz CT molecular complexity index is 522. The molecule has 0 saturated carbocycles. The Hall–Kier alpha value is -1.31. The molecule has 1 aromatic heterocycles. The van der Waals surface area contributed by atoms with E-state index in [1.165, 1.54) is 24.7 Å². The fourth-order valence-electron chi connectivity index (χ4n) is 1.04. The molecular formula is C10H5F2IN2O. The van der Waals surface area contributed by atoms with Gasteiger partial charge in [0, 0.05) is 6.20 Å². The second-order valence-electron chi connectivity index (χ2n) is 2.83. The summed E-state index contributed by atoms with van der Waals surface area (Å²) < 4.78 is 31.9. The van der Waals surface area contributed by atoms with E-state index >= 15 is 0 Å². The van der Waals surface area contributed by atoms with Crippen LogP contribution in [0.15, 0.2) is 30.7 Å². The molecule has 1 aromatic carbocycles. The van der Waals surface area contributed by atoms with E-state index in [-0.39, 0.29) is 11.6 Å². The van der Waals surface area contributed by atoms with Crippen molar-refractivity contribution in [1.29, 1.82) is 0 Å². The quantitative estimate of drug-likeness (QED) is 0.792. The molecule has 0 aliphatic heterocycles. The van der Waals surface area contributed by atoms with Crippen molar-refractivity contribution in [2.45, 2.75) is 0 Å². The van der Waals surface area contributed by atoms with Crippen LogP contribution in [-0.2, 0) is 0 Å². The lowest BCUT2D eigenvalue weighted by Crippen LogP contribution is -1.95. The summed E-state index contributed by atoms with van der Waals surface area (Å²) in [5.74, 6) is -1.99. The highest BCUT2D eigenvalue weighted by atomic mass is 127. The Morgan fingerprint density at radius 1 is 1.25 bits per heavy atom. The van der Waals surface area contributed by atoms with Gasteiger partial charge >= 0.3 is 0 Å². The van der Waals surface area contributed by atoms with E-state index in [0.29, 0.717) is 3.57 Å². The molecule has 0 fully saturated rings. The fraction of sp³-hybridized carbons (Fsp3) is 0. The number of halogens is 3. The van der Waals surface area contributed by atoms with Gasteiger partial charge in [-0.15, -0.1) is 0 Å². The Morgan fingerprint density at radius 2 is 2.06 bits per heavy atom. The molecule has 0 unspecified atom stereocenters. The average molecular weight is 334 g/mol. The van der Waals surface area contributed by atoms with E-state index in [9.17, 15) is 8.78 Å². The second kappa shape index (κ2) is 4.69. The number of benzene rings is 1. The summed E-state index contributed by atoms with van der Waals surface area (Å²) in [5, 5.41) is 0. The van der Waals surface area contributed by atoms with Gasteiger partial charge in [-0.1, -0.05) is 6.07 Å². The Morgan fingerprint density at radius 3 is 2.81 bits per heavy atom. The number of hydrogen-bond acceptors (Lipinski definition) is 3. The maximum atomic E-state index is 13.3. The van der Waals surface area contributed by atoms with Crippen LogP contribution < -0.4 is 4.74 Å². The molecule has 0 bridgehead atoms. The van der Waals surface area contributed by atoms with Crippen LogP contribution in [0.1, 0.15) is 0 Å². The van der Waals surface area contributed by atoms with Crippen LogP contribution in [-0.4, -0.2) is 9.97 Å². The van der Waals surface area contributed by atoms with E-state index in [1.54, 1.807) is 0 Å². The summed E-state index contributed by atoms with van der Waals surface area (Å²) in [5.41, 5.74) is 0. The molecule has 3 nitrogen and oxygen atoms in total. The number of hydrogen-bond donors (Lipinski definition) is 0. The zero-order valence-corrected chi connectivity index (χ0v) is 9.98. The summed E-state index contributed by atoms with van der Waals surface area (Å²) in [6.45, 7) is 0. The van der Waals surface area contributed by atoms with Gasteiger partial charge in [-0.2, -0.15) is 4.39 Å². The lowest BCUT2D eigenvalue weighted by molar-refractivity contribution is 0.402. The van der Waals surface area contributed by atoms with E-state index in [4.69, 9.17) is 4.74 Å². The molecule has 1 heterocycles. The van der Waals surface area contributed by atoms with Gasteiger partial charge in [-0.25, -0.2) is 14.4 Å². The SMILES string of the molecule is Fc1cccc(Oc2ncncc2I)c1F. The third-order valence-electron chi connectivity index (χ3n) is 1.76. The van der Waals surface area contributed by atoms with Crippen molar-refractivity contribution in [3.63, 3.8) is 0 Å². The first-order valence-corrected chi connectivity index (χ1v) is 5.33. The maximum absolute atomic E-state index is 13.3. The molecule has 2 rings (SSSR count). The van der Waals surface area contributed by atoms with Crippen LogP contribution in [0.5, 0.6) is 11.6 Å². The lowest BCUT2D eigenvalue weighted by Gasteiger charge is -2.06. The Kier molecular flexibility index (Phi) is 3.28. The van der Waals surface area contributed by atoms with Crippen molar-refractivity contribution in [2.24, 2.45) is 0 Å². The third kappa shape index (κ3) is 2.26. The van der Waals surface area contributed by atoms with Crippen LogP contribution in [0.25, 0.3) is 0 Å². The van der Waals surface area contributed by atoms with Gasteiger partial charge in [-0.05, 0) is 34.7 Å². The van der Waals surface area contributed by atoms with Crippen LogP contribution in [0.2, 0.25) is 0 Å². The van der Waals surface area contributed by atoms with E-state index in [0.717, 1.165) is 6.07 Å². The molecule has 6 heteroatoms. The zero-order valence-electron chi connectivity index (χ0n) is 7.82. The zero-order chi connectivity index (χ0) is 11.5. The molecular weight excluding hydrogens is 329 g/mol. The number of nitrogens with zero attached hydrogens (tertiary/aromatic N) is 2. The first kappa shape index (κ1) is 11.2. The summed E-state index contributed by atoms with van der Waals surface area (Å²) in [6, 6.07) is 3.71. The molecule has 0 atom stereocenters. The smallest absolute Gasteiger partial charge is 0.235 e. The molecule has 0 spiro atoms. The van der Waals surface area contributed by atoms with Crippen LogP contribution in [0, 0.1) is 15.2 Å². The van der Waals surface area contributed by atoms with Gasteiger partial charge < -0.3 is 4.74 Å². The van der Waals surface area contributed by atoms with Gasteiger partial charge in [0.2, 0.25) is 11.7 Å². The molecule has 0 saturated heterocycles. The van der Waals surface area contributed by atoms with Crippen molar-refractivity contribution < 1.29 is 13.5 Å². The molecule has 16 heavy (non-hydrogen) atoms. The van der Waals surface area contributed by atoms with Crippen molar-refractivity contribution in [3.05, 3.63) is 45.9 Å². The Labute approximate surface area is 104 Å². The van der Waals surface area contributed by atoms with Crippen molar-refractivity contribution in [1.82, 2.24) is 9.97 Å². The monoisotopic (exact) mass is 334 g/mol. The topological polar surface area (TPSA) is 35.0 Å². The fourth-order valence-corrected chi connectivity index (χ4v) is 1.45. The third-order valence-corrected chi connectivity index (χ3v) is 2.50. The van der Waals surface area contributed by atoms with Gasteiger partial charge in [0.1, 0.15) is 6.33 Å². The molecule has 0 amide bonds. The first-order chi connectivity index (χ1) is 7.68. The van der Waals surface area contributed by atoms with Crippen molar-refractivity contribution >= 4 is 22.6 Å². The summed E-state index contributed by atoms with van der Waals surface area (Å²) in [4.78, 5) is 7.57. The molecule has 0 N–H and O–H groups in total. The van der Waals surface area contributed by atoms with Crippen molar-refractivity contribution in [3.8, 4) is 11.6 Å². The van der Waals surface area contributed by atoms with E-state index in [1.807, 2.05) is 22.6 Å². The number of rotatable bonds is 2. The predicted molar refractivity (Wildman–Crippen MR) is 61.2 cm³/mol. The van der Waals surface area contributed by atoms with E-state index in [2.05, 4.69) is 9.97 Å². The van der Waals surface area contributed by atoms with Crippen LogP contribution in [0.4, 0.5) is 8.78 Å². The van der Waals surface area contributed by atoms with Gasteiger partial charge in [0.25, 0.3) is 0 Å². The molecule has 82 valence electrons. The summed E-state index contributed by atoms with van der Waals surface area (Å²) >= 11 is 1.94. The predicted octanol–water partition coefficient (Wildman–Crippen LogP) is 3.15. The minimum Gasteiger partial charge on any atom is -0.435 e. The minimum atomic E-state index is -1.03. The van der Waals surface area contributed by atoms with E-state index < -0.39 is 11.6 Å².